The molecule has 0 aliphatic carbocycles. The van der Waals surface area contributed by atoms with Gasteiger partial charge in [0.2, 0.25) is 0 Å². The quantitative estimate of drug-likeness (QED) is 0.803. The number of pyridine rings is 1. The van der Waals surface area contributed by atoms with Crippen molar-refractivity contribution >= 4 is 5.97 Å². The first-order chi connectivity index (χ1) is 10.7. The number of nitrogens with zero attached hydrogens (tertiary/aromatic N) is 3. The zero-order valence-electron chi connectivity index (χ0n) is 12.1. The van der Waals surface area contributed by atoms with Crippen molar-refractivity contribution in [3.8, 4) is 11.1 Å². The van der Waals surface area contributed by atoms with Crippen molar-refractivity contribution < 1.29 is 9.90 Å². The summed E-state index contributed by atoms with van der Waals surface area (Å²) < 4.78 is 1.86. The number of carboxylic acids is 1. The van der Waals surface area contributed by atoms with Crippen LogP contribution in [0.15, 0.2) is 54.9 Å². The van der Waals surface area contributed by atoms with Gasteiger partial charge in [-0.25, -0.2) is 9.78 Å². The van der Waals surface area contributed by atoms with Gasteiger partial charge in [-0.3, -0.25) is 4.68 Å². The summed E-state index contributed by atoms with van der Waals surface area (Å²) in [4.78, 5) is 15.3. The zero-order valence-corrected chi connectivity index (χ0v) is 12.1. The van der Waals surface area contributed by atoms with E-state index in [9.17, 15) is 9.90 Å². The van der Waals surface area contributed by atoms with E-state index >= 15 is 0 Å². The molecule has 0 spiro atoms. The fourth-order valence-corrected chi connectivity index (χ4v) is 2.42. The van der Waals surface area contributed by atoms with Gasteiger partial charge in [0, 0.05) is 23.0 Å². The van der Waals surface area contributed by atoms with Gasteiger partial charge in [-0.1, -0.05) is 36.4 Å². The summed E-state index contributed by atoms with van der Waals surface area (Å²) in [5, 5.41) is 13.7. The molecule has 5 nitrogen and oxygen atoms in total. The van der Waals surface area contributed by atoms with Crippen molar-refractivity contribution in [3.05, 3.63) is 71.8 Å². The fourth-order valence-electron chi connectivity index (χ4n) is 2.42. The first kappa shape index (κ1) is 14.0. The highest BCUT2D eigenvalue weighted by atomic mass is 16.4. The predicted molar refractivity (Wildman–Crippen MR) is 82.7 cm³/mol. The van der Waals surface area contributed by atoms with Crippen LogP contribution in [-0.4, -0.2) is 25.8 Å². The first-order valence-corrected chi connectivity index (χ1v) is 6.92. The SMILES string of the molecule is Cc1c(-c2cccnc2C(=O)O)cnn1Cc1ccccc1. The molecular formula is C17H15N3O2. The second-order valence-electron chi connectivity index (χ2n) is 4.99. The topological polar surface area (TPSA) is 68.0 Å². The Balaban J connectivity index is 1.99. The van der Waals surface area contributed by atoms with Crippen LogP contribution >= 0.6 is 0 Å². The third kappa shape index (κ3) is 2.61. The Labute approximate surface area is 127 Å². The Hall–Kier alpha value is -2.95. The molecule has 0 bridgehead atoms. The molecule has 2 aromatic heterocycles. The molecule has 0 unspecified atom stereocenters. The summed E-state index contributed by atoms with van der Waals surface area (Å²) in [6, 6.07) is 13.5. The highest BCUT2D eigenvalue weighted by Gasteiger charge is 2.17. The Bertz CT molecular complexity index is 810. The molecule has 0 saturated carbocycles. The summed E-state index contributed by atoms with van der Waals surface area (Å²) in [6.45, 7) is 2.58. The highest BCUT2D eigenvalue weighted by Crippen LogP contribution is 2.25. The van der Waals surface area contributed by atoms with E-state index in [0.717, 1.165) is 16.8 Å². The normalized spacial score (nSPS) is 10.6. The third-order valence-electron chi connectivity index (χ3n) is 3.58. The van der Waals surface area contributed by atoms with E-state index in [4.69, 9.17) is 0 Å². The molecule has 3 rings (SSSR count). The number of hydrogen-bond acceptors (Lipinski definition) is 3. The van der Waals surface area contributed by atoms with Gasteiger partial charge in [-0.15, -0.1) is 0 Å². The lowest BCUT2D eigenvalue weighted by atomic mass is 10.1. The van der Waals surface area contributed by atoms with Crippen molar-refractivity contribution in [2.45, 2.75) is 13.5 Å². The van der Waals surface area contributed by atoms with Crippen molar-refractivity contribution in [1.82, 2.24) is 14.8 Å². The van der Waals surface area contributed by atoms with E-state index in [0.29, 0.717) is 12.1 Å². The van der Waals surface area contributed by atoms with Crippen molar-refractivity contribution in [1.29, 1.82) is 0 Å². The van der Waals surface area contributed by atoms with Gasteiger partial charge in [-0.05, 0) is 18.6 Å². The molecule has 1 N–H and O–H groups in total. The lowest BCUT2D eigenvalue weighted by Crippen LogP contribution is -2.05. The minimum Gasteiger partial charge on any atom is -0.476 e. The van der Waals surface area contributed by atoms with Gasteiger partial charge in [-0.2, -0.15) is 5.10 Å². The maximum atomic E-state index is 11.3. The summed E-state index contributed by atoms with van der Waals surface area (Å²) in [5.74, 6) is -1.04. The number of rotatable bonds is 4. The summed E-state index contributed by atoms with van der Waals surface area (Å²) >= 11 is 0. The number of benzene rings is 1. The van der Waals surface area contributed by atoms with Gasteiger partial charge in [0.15, 0.2) is 5.69 Å². The van der Waals surface area contributed by atoms with Crippen LogP contribution in [0.2, 0.25) is 0 Å². The van der Waals surface area contributed by atoms with Crippen LogP contribution in [0, 0.1) is 6.92 Å². The van der Waals surface area contributed by atoms with Crippen LogP contribution < -0.4 is 0 Å². The molecule has 0 atom stereocenters. The second kappa shape index (κ2) is 5.81. The molecule has 22 heavy (non-hydrogen) atoms. The first-order valence-electron chi connectivity index (χ1n) is 6.92. The Morgan fingerprint density at radius 1 is 1.14 bits per heavy atom. The molecule has 0 radical (unpaired) electrons. The van der Waals surface area contributed by atoms with Crippen LogP contribution in [-0.2, 0) is 6.54 Å². The van der Waals surface area contributed by atoms with Crippen molar-refractivity contribution in [2.24, 2.45) is 0 Å². The maximum Gasteiger partial charge on any atom is 0.355 e. The Morgan fingerprint density at radius 3 is 2.64 bits per heavy atom. The van der Waals surface area contributed by atoms with Gasteiger partial charge >= 0.3 is 5.97 Å². The van der Waals surface area contributed by atoms with Crippen LogP contribution in [0.25, 0.3) is 11.1 Å². The van der Waals surface area contributed by atoms with Crippen LogP contribution in [0.1, 0.15) is 21.7 Å². The average Bonchev–Trinajstić information content (AvgIpc) is 2.89. The zero-order chi connectivity index (χ0) is 15.5. The van der Waals surface area contributed by atoms with E-state index < -0.39 is 5.97 Å². The molecule has 0 saturated heterocycles. The number of aromatic carboxylic acids is 1. The number of aromatic nitrogens is 3. The molecule has 2 heterocycles. The third-order valence-corrected chi connectivity index (χ3v) is 3.58. The summed E-state index contributed by atoms with van der Waals surface area (Å²) in [5.41, 5.74) is 3.49. The smallest absolute Gasteiger partial charge is 0.355 e. The monoisotopic (exact) mass is 293 g/mol. The molecule has 0 fully saturated rings. The maximum absolute atomic E-state index is 11.3. The largest absolute Gasteiger partial charge is 0.476 e. The van der Waals surface area contributed by atoms with Crippen LogP contribution in [0.4, 0.5) is 0 Å². The van der Waals surface area contributed by atoms with E-state index in [1.165, 1.54) is 6.20 Å². The Kier molecular flexibility index (Phi) is 3.70. The molecule has 110 valence electrons. The van der Waals surface area contributed by atoms with Crippen molar-refractivity contribution in [2.75, 3.05) is 0 Å². The standard InChI is InChI=1S/C17H15N3O2/c1-12-15(14-8-5-9-18-16(14)17(21)22)10-19-20(12)11-13-6-3-2-4-7-13/h2-10H,11H2,1H3,(H,21,22). The molecule has 5 heteroatoms. The molecule has 1 aromatic carbocycles. The second-order valence-corrected chi connectivity index (χ2v) is 4.99. The van der Waals surface area contributed by atoms with Gasteiger partial charge in [0.1, 0.15) is 0 Å². The molecule has 0 amide bonds. The van der Waals surface area contributed by atoms with E-state index in [2.05, 4.69) is 10.1 Å². The molecule has 3 aromatic rings. The minimum atomic E-state index is -1.04. The molecule has 0 aliphatic rings. The van der Waals surface area contributed by atoms with E-state index in [1.807, 2.05) is 41.9 Å². The number of carbonyl (C=O) groups is 1. The van der Waals surface area contributed by atoms with E-state index in [-0.39, 0.29) is 5.69 Å². The van der Waals surface area contributed by atoms with Gasteiger partial charge < -0.3 is 5.11 Å². The minimum absolute atomic E-state index is 0.0462. The number of hydrogen-bond donors (Lipinski definition) is 1. The average molecular weight is 293 g/mol. The summed E-state index contributed by atoms with van der Waals surface area (Å²) in [6.07, 6.45) is 3.18. The lowest BCUT2D eigenvalue weighted by molar-refractivity contribution is 0.0691. The number of carboxylic acid groups (broad SMARTS) is 1. The van der Waals surface area contributed by atoms with Crippen LogP contribution in [0.3, 0.4) is 0 Å². The van der Waals surface area contributed by atoms with Crippen molar-refractivity contribution in [3.63, 3.8) is 0 Å². The molecule has 0 aliphatic heterocycles. The fraction of sp³-hybridized carbons (Fsp3) is 0.118. The predicted octanol–water partition coefficient (Wildman–Crippen LogP) is 3.00. The molecular weight excluding hydrogens is 278 g/mol. The Morgan fingerprint density at radius 2 is 1.91 bits per heavy atom. The van der Waals surface area contributed by atoms with Crippen LogP contribution in [0.5, 0.6) is 0 Å². The van der Waals surface area contributed by atoms with Gasteiger partial charge in [0.05, 0.1) is 12.7 Å². The van der Waals surface area contributed by atoms with E-state index in [1.54, 1.807) is 18.3 Å². The lowest BCUT2D eigenvalue weighted by Gasteiger charge is -2.07. The highest BCUT2D eigenvalue weighted by molar-refractivity contribution is 5.94. The van der Waals surface area contributed by atoms with Gasteiger partial charge in [0.25, 0.3) is 0 Å². The summed E-state index contributed by atoms with van der Waals surface area (Å²) in [7, 11) is 0.